The van der Waals surface area contributed by atoms with Crippen LogP contribution in [-0.2, 0) is 0 Å². The largest absolute Gasteiger partial charge is 0.309 e. The van der Waals surface area contributed by atoms with Crippen LogP contribution < -0.4 is 5.56 Å². The van der Waals surface area contributed by atoms with Crippen molar-refractivity contribution < 1.29 is 0 Å². The standard InChI is InChI=1S/C9H7ClN2OS/c1-5-11-8(6-2-3-14-4-6)7(10)9(13)12-5/h2-4H,1H3,(H,11,12,13). The normalized spacial score (nSPS) is 10.4. The summed E-state index contributed by atoms with van der Waals surface area (Å²) in [7, 11) is 0. The van der Waals surface area contributed by atoms with Crippen molar-refractivity contribution in [3.8, 4) is 11.3 Å². The molecule has 72 valence electrons. The van der Waals surface area contributed by atoms with E-state index in [0.29, 0.717) is 11.5 Å². The van der Waals surface area contributed by atoms with Crippen molar-refractivity contribution in [2.45, 2.75) is 6.92 Å². The van der Waals surface area contributed by atoms with Crippen LogP contribution in [0.4, 0.5) is 0 Å². The van der Waals surface area contributed by atoms with E-state index in [0.717, 1.165) is 5.56 Å². The van der Waals surface area contributed by atoms with Crippen molar-refractivity contribution in [1.29, 1.82) is 0 Å². The van der Waals surface area contributed by atoms with Gasteiger partial charge in [-0.3, -0.25) is 4.79 Å². The molecule has 0 unspecified atom stereocenters. The Morgan fingerprint density at radius 2 is 2.36 bits per heavy atom. The van der Waals surface area contributed by atoms with Crippen LogP contribution in [0.5, 0.6) is 0 Å². The SMILES string of the molecule is Cc1nc(-c2ccsc2)c(Cl)c(=O)[nH]1. The molecular weight excluding hydrogens is 220 g/mol. The van der Waals surface area contributed by atoms with E-state index in [-0.39, 0.29) is 10.6 Å². The summed E-state index contributed by atoms with van der Waals surface area (Å²) in [5.41, 5.74) is 1.14. The molecule has 0 spiro atoms. The van der Waals surface area contributed by atoms with E-state index in [4.69, 9.17) is 11.6 Å². The smallest absolute Gasteiger partial charge is 0.270 e. The summed E-state index contributed by atoms with van der Waals surface area (Å²) in [5, 5.41) is 3.98. The van der Waals surface area contributed by atoms with Crippen molar-refractivity contribution in [2.75, 3.05) is 0 Å². The van der Waals surface area contributed by atoms with Gasteiger partial charge in [-0.05, 0) is 18.4 Å². The zero-order valence-corrected chi connectivity index (χ0v) is 8.95. The molecule has 1 N–H and O–H groups in total. The van der Waals surface area contributed by atoms with Gasteiger partial charge in [-0.15, -0.1) is 0 Å². The summed E-state index contributed by atoms with van der Waals surface area (Å²) in [6.45, 7) is 1.73. The summed E-state index contributed by atoms with van der Waals surface area (Å²) in [6.07, 6.45) is 0. The summed E-state index contributed by atoms with van der Waals surface area (Å²) >= 11 is 7.40. The number of nitrogens with zero attached hydrogens (tertiary/aromatic N) is 1. The minimum atomic E-state index is -0.291. The predicted molar refractivity (Wildman–Crippen MR) is 57.9 cm³/mol. The number of aromatic nitrogens is 2. The molecule has 0 amide bonds. The number of H-pyrrole nitrogens is 1. The second kappa shape index (κ2) is 3.55. The Balaban J connectivity index is 2.70. The number of hydrogen-bond acceptors (Lipinski definition) is 3. The number of rotatable bonds is 1. The highest BCUT2D eigenvalue weighted by atomic mass is 35.5. The average molecular weight is 227 g/mol. The molecule has 0 bridgehead atoms. The first kappa shape index (κ1) is 9.43. The van der Waals surface area contributed by atoms with Crippen LogP contribution in [-0.4, -0.2) is 9.97 Å². The predicted octanol–water partition coefficient (Wildman–Crippen LogP) is 2.46. The van der Waals surface area contributed by atoms with Gasteiger partial charge in [-0.1, -0.05) is 11.6 Å². The summed E-state index contributed by atoms with van der Waals surface area (Å²) in [5.74, 6) is 0.570. The zero-order valence-electron chi connectivity index (χ0n) is 7.37. The fourth-order valence-electron chi connectivity index (χ4n) is 1.16. The van der Waals surface area contributed by atoms with Crippen LogP contribution in [0.25, 0.3) is 11.3 Å². The van der Waals surface area contributed by atoms with Gasteiger partial charge in [0.2, 0.25) is 0 Å². The molecule has 0 radical (unpaired) electrons. The van der Waals surface area contributed by atoms with Gasteiger partial charge in [0.15, 0.2) is 0 Å². The highest BCUT2D eigenvalue weighted by Gasteiger charge is 2.09. The second-order valence-electron chi connectivity index (χ2n) is 2.83. The van der Waals surface area contributed by atoms with Gasteiger partial charge < -0.3 is 4.98 Å². The third-order valence-corrected chi connectivity index (χ3v) is 2.81. The van der Waals surface area contributed by atoms with E-state index in [2.05, 4.69) is 9.97 Å². The summed E-state index contributed by atoms with van der Waals surface area (Å²) in [6, 6.07) is 1.89. The first-order chi connectivity index (χ1) is 6.68. The first-order valence-corrected chi connectivity index (χ1v) is 5.29. The highest BCUT2D eigenvalue weighted by molar-refractivity contribution is 7.08. The Hall–Kier alpha value is -1.13. The van der Waals surface area contributed by atoms with Gasteiger partial charge in [0.25, 0.3) is 5.56 Å². The number of halogens is 1. The number of nitrogens with one attached hydrogen (secondary N) is 1. The van der Waals surface area contributed by atoms with E-state index in [1.54, 1.807) is 18.3 Å². The zero-order chi connectivity index (χ0) is 10.1. The lowest BCUT2D eigenvalue weighted by molar-refractivity contribution is 1.02. The Labute approximate surface area is 89.4 Å². The molecule has 3 nitrogen and oxygen atoms in total. The van der Waals surface area contributed by atoms with Crippen LogP contribution >= 0.6 is 22.9 Å². The third-order valence-electron chi connectivity index (χ3n) is 1.78. The van der Waals surface area contributed by atoms with E-state index >= 15 is 0 Å². The molecule has 0 aliphatic rings. The molecule has 5 heteroatoms. The average Bonchev–Trinajstić information content (AvgIpc) is 2.63. The fraction of sp³-hybridized carbons (Fsp3) is 0.111. The van der Waals surface area contributed by atoms with Crippen molar-refractivity contribution >= 4 is 22.9 Å². The van der Waals surface area contributed by atoms with Crippen molar-refractivity contribution in [1.82, 2.24) is 9.97 Å². The van der Waals surface area contributed by atoms with Crippen molar-refractivity contribution in [2.24, 2.45) is 0 Å². The number of hydrogen-bond donors (Lipinski definition) is 1. The molecule has 2 aromatic heterocycles. The van der Waals surface area contributed by atoms with E-state index in [9.17, 15) is 4.79 Å². The fourth-order valence-corrected chi connectivity index (χ4v) is 2.00. The molecule has 0 atom stereocenters. The lowest BCUT2D eigenvalue weighted by atomic mass is 10.2. The maximum atomic E-state index is 11.3. The Morgan fingerprint density at radius 3 is 3.00 bits per heavy atom. The minimum Gasteiger partial charge on any atom is -0.309 e. The number of aryl methyl sites for hydroxylation is 1. The van der Waals surface area contributed by atoms with Crippen molar-refractivity contribution in [3.63, 3.8) is 0 Å². The lowest BCUT2D eigenvalue weighted by Gasteiger charge is -2.00. The molecule has 0 aliphatic carbocycles. The summed E-state index contributed by atoms with van der Waals surface area (Å²) < 4.78 is 0. The van der Waals surface area contributed by atoms with Crippen LogP contribution in [0.3, 0.4) is 0 Å². The minimum absolute atomic E-state index is 0.147. The van der Waals surface area contributed by atoms with Crippen LogP contribution in [0.15, 0.2) is 21.6 Å². The van der Waals surface area contributed by atoms with Crippen molar-refractivity contribution in [3.05, 3.63) is 38.0 Å². The monoisotopic (exact) mass is 226 g/mol. The number of thiophene rings is 1. The van der Waals surface area contributed by atoms with E-state index in [1.807, 2.05) is 16.8 Å². The molecule has 2 rings (SSSR count). The number of aromatic amines is 1. The van der Waals surface area contributed by atoms with Gasteiger partial charge >= 0.3 is 0 Å². The van der Waals surface area contributed by atoms with E-state index in [1.165, 1.54) is 0 Å². The van der Waals surface area contributed by atoms with Gasteiger partial charge in [-0.25, -0.2) is 4.98 Å². The van der Waals surface area contributed by atoms with Gasteiger partial charge in [0.05, 0.1) is 5.69 Å². The van der Waals surface area contributed by atoms with Crippen LogP contribution in [0.2, 0.25) is 5.02 Å². The van der Waals surface area contributed by atoms with Gasteiger partial charge in [0, 0.05) is 10.9 Å². The lowest BCUT2D eigenvalue weighted by Crippen LogP contribution is -2.11. The van der Waals surface area contributed by atoms with Crippen LogP contribution in [0.1, 0.15) is 5.82 Å². The molecule has 0 saturated heterocycles. The first-order valence-electron chi connectivity index (χ1n) is 3.97. The van der Waals surface area contributed by atoms with Gasteiger partial charge in [0.1, 0.15) is 10.8 Å². The second-order valence-corrected chi connectivity index (χ2v) is 3.98. The molecule has 2 aromatic rings. The molecule has 0 saturated carbocycles. The molecule has 0 aromatic carbocycles. The van der Waals surface area contributed by atoms with Crippen LogP contribution in [0, 0.1) is 6.92 Å². The molecule has 14 heavy (non-hydrogen) atoms. The highest BCUT2D eigenvalue weighted by Crippen LogP contribution is 2.24. The van der Waals surface area contributed by atoms with Gasteiger partial charge in [-0.2, -0.15) is 11.3 Å². The Kier molecular flexibility index (Phi) is 2.39. The maximum Gasteiger partial charge on any atom is 0.270 e. The Morgan fingerprint density at radius 1 is 1.57 bits per heavy atom. The topological polar surface area (TPSA) is 45.8 Å². The van der Waals surface area contributed by atoms with E-state index < -0.39 is 0 Å². The third kappa shape index (κ3) is 1.58. The quantitative estimate of drug-likeness (QED) is 0.812. The Bertz CT molecular complexity index is 504. The molecule has 0 aliphatic heterocycles. The molecular formula is C9H7ClN2OS. The maximum absolute atomic E-state index is 11.3. The summed E-state index contributed by atoms with van der Waals surface area (Å²) in [4.78, 5) is 18.1. The molecule has 2 heterocycles. The molecule has 0 fully saturated rings.